The molecule has 0 saturated carbocycles. The van der Waals surface area contributed by atoms with E-state index in [0.717, 1.165) is 36.1 Å². The van der Waals surface area contributed by atoms with Crippen LogP contribution in [0, 0.1) is 0 Å². The SMILES string of the molecule is CSC(=S)N1CCN(Cc2cc(O)ccc2O)CC1.Cl. The molecule has 1 aliphatic heterocycles. The highest BCUT2D eigenvalue weighted by atomic mass is 35.5. The molecule has 2 rings (SSSR count). The highest BCUT2D eigenvalue weighted by molar-refractivity contribution is 8.22. The van der Waals surface area contributed by atoms with Crippen molar-refractivity contribution in [1.29, 1.82) is 0 Å². The summed E-state index contributed by atoms with van der Waals surface area (Å²) >= 11 is 6.89. The number of halogens is 1. The van der Waals surface area contributed by atoms with Gasteiger partial charge in [0.05, 0.1) is 0 Å². The molecule has 1 heterocycles. The first-order valence-electron chi connectivity index (χ1n) is 6.16. The molecular weight excluding hydrogens is 316 g/mol. The average molecular weight is 335 g/mol. The second-order valence-corrected chi connectivity index (χ2v) is 5.99. The number of thiocarbonyl (C=S) groups is 1. The number of rotatable bonds is 2. The zero-order valence-corrected chi connectivity index (χ0v) is 13.7. The third-order valence-corrected chi connectivity index (χ3v) is 4.63. The van der Waals surface area contributed by atoms with E-state index < -0.39 is 0 Å². The van der Waals surface area contributed by atoms with Gasteiger partial charge < -0.3 is 15.1 Å². The normalized spacial score (nSPS) is 15.8. The zero-order chi connectivity index (χ0) is 13.8. The largest absolute Gasteiger partial charge is 0.508 e. The van der Waals surface area contributed by atoms with Crippen LogP contribution in [0.5, 0.6) is 11.5 Å². The zero-order valence-electron chi connectivity index (χ0n) is 11.3. The molecule has 0 aromatic heterocycles. The summed E-state index contributed by atoms with van der Waals surface area (Å²) in [5, 5.41) is 19.2. The van der Waals surface area contributed by atoms with Crippen LogP contribution in [-0.4, -0.2) is 56.8 Å². The Hall–Kier alpha value is -0.690. The lowest BCUT2D eigenvalue weighted by molar-refractivity contribution is 0.177. The predicted molar refractivity (Wildman–Crippen MR) is 90.0 cm³/mol. The van der Waals surface area contributed by atoms with Gasteiger partial charge in [-0.05, 0) is 24.5 Å². The van der Waals surface area contributed by atoms with E-state index in [9.17, 15) is 10.2 Å². The van der Waals surface area contributed by atoms with E-state index in [-0.39, 0.29) is 23.9 Å². The monoisotopic (exact) mass is 334 g/mol. The summed E-state index contributed by atoms with van der Waals surface area (Å²) in [5.74, 6) is 0.426. The second-order valence-electron chi connectivity index (χ2n) is 4.55. The standard InChI is InChI=1S/C13H18N2O2S2.ClH/c1-19-13(18)15-6-4-14(5-7-15)9-10-8-11(16)2-3-12(10)17;/h2-3,8,16-17H,4-7,9H2,1H3;1H. The van der Waals surface area contributed by atoms with Gasteiger partial charge in [-0.1, -0.05) is 12.2 Å². The summed E-state index contributed by atoms with van der Waals surface area (Å²) in [5.41, 5.74) is 0.765. The molecule has 4 nitrogen and oxygen atoms in total. The van der Waals surface area contributed by atoms with Crippen molar-refractivity contribution in [3.8, 4) is 11.5 Å². The second kappa shape index (κ2) is 7.93. The van der Waals surface area contributed by atoms with Crippen molar-refractivity contribution in [2.45, 2.75) is 6.54 Å². The highest BCUT2D eigenvalue weighted by Crippen LogP contribution is 2.24. The van der Waals surface area contributed by atoms with Crippen molar-refractivity contribution >= 4 is 40.7 Å². The Morgan fingerprint density at radius 2 is 1.90 bits per heavy atom. The molecule has 112 valence electrons. The van der Waals surface area contributed by atoms with E-state index in [4.69, 9.17) is 12.2 Å². The maximum absolute atomic E-state index is 9.77. The Bertz CT molecular complexity index is 466. The van der Waals surface area contributed by atoms with Crippen molar-refractivity contribution in [3.05, 3.63) is 23.8 Å². The van der Waals surface area contributed by atoms with Gasteiger partial charge in [-0.2, -0.15) is 0 Å². The van der Waals surface area contributed by atoms with Crippen LogP contribution in [0.2, 0.25) is 0 Å². The third kappa shape index (κ3) is 4.41. The van der Waals surface area contributed by atoms with Crippen molar-refractivity contribution in [3.63, 3.8) is 0 Å². The first kappa shape index (κ1) is 17.4. The molecule has 0 atom stereocenters. The van der Waals surface area contributed by atoms with Crippen LogP contribution in [-0.2, 0) is 6.54 Å². The average Bonchev–Trinajstić information content (AvgIpc) is 2.43. The lowest BCUT2D eigenvalue weighted by atomic mass is 10.1. The molecule has 0 radical (unpaired) electrons. The van der Waals surface area contributed by atoms with Gasteiger partial charge in [0.2, 0.25) is 0 Å². The molecule has 0 spiro atoms. The Labute approximate surface area is 135 Å². The van der Waals surface area contributed by atoms with Crippen LogP contribution in [0.15, 0.2) is 18.2 Å². The number of phenolic OH excluding ortho intramolecular Hbond substituents is 2. The number of hydrogen-bond donors (Lipinski definition) is 2. The molecular formula is C13H19ClN2O2S2. The Kier molecular flexibility index (Phi) is 6.88. The number of hydrogen-bond acceptors (Lipinski definition) is 5. The fraction of sp³-hybridized carbons (Fsp3) is 0.462. The summed E-state index contributed by atoms with van der Waals surface area (Å²) in [6, 6.07) is 4.64. The number of nitrogens with zero attached hydrogens (tertiary/aromatic N) is 2. The molecule has 1 fully saturated rings. The molecule has 1 aromatic carbocycles. The highest BCUT2D eigenvalue weighted by Gasteiger charge is 2.19. The van der Waals surface area contributed by atoms with E-state index in [0.29, 0.717) is 6.54 Å². The van der Waals surface area contributed by atoms with E-state index in [1.165, 1.54) is 12.1 Å². The summed E-state index contributed by atoms with van der Waals surface area (Å²) in [6.07, 6.45) is 2.00. The quantitative estimate of drug-likeness (QED) is 0.639. The number of benzene rings is 1. The minimum Gasteiger partial charge on any atom is -0.508 e. The molecule has 0 unspecified atom stereocenters. The van der Waals surface area contributed by atoms with Crippen LogP contribution < -0.4 is 0 Å². The summed E-state index contributed by atoms with van der Waals surface area (Å²) < 4.78 is 0.944. The summed E-state index contributed by atoms with van der Waals surface area (Å²) in [7, 11) is 0. The molecule has 0 aliphatic carbocycles. The molecule has 7 heteroatoms. The topological polar surface area (TPSA) is 46.9 Å². The van der Waals surface area contributed by atoms with Crippen LogP contribution in [0.25, 0.3) is 0 Å². The van der Waals surface area contributed by atoms with Gasteiger partial charge in [-0.25, -0.2) is 0 Å². The summed E-state index contributed by atoms with van der Waals surface area (Å²) in [4.78, 5) is 4.47. The van der Waals surface area contributed by atoms with Crippen LogP contribution >= 0.6 is 36.4 Å². The van der Waals surface area contributed by atoms with Crippen molar-refractivity contribution < 1.29 is 10.2 Å². The van der Waals surface area contributed by atoms with Gasteiger partial charge in [0.25, 0.3) is 0 Å². The van der Waals surface area contributed by atoms with Gasteiger partial charge in [-0.15, -0.1) is 24.2 Å². The lowest BCUT2D eigenvalue weighted by Gasteiger charge is -2.35. The van der Waals surface area contributed by atoms with Gasteiger partial charge in [0.1, 0.15) is 15.8 Å². The van der Waals surface area contributed by atoms with E-state index in [2.05, 4.69) is 9.80 Å². The van der Waals surface area contributed by atoms with Gasteiger partial charge in [0, 0.05) is 38.3 Å². The Morgan fingerprint density at radius 1 is 1.25 bits per heavy atom. The minimum absolute atomic E-state index is 0. The smallest absolute Gasteiger partial charge is 0.136 e. The van der Waals surface area contributed by atoms with E-state index >= 15 is 0 Å². The van der Waals surface area contributed by atoms with E-state index in [1.54, 1.807) is 17.8 Å². The van der Waals surface area contributed by atoms with Gasteiger partial charge >= 0.3 is 0 Å². The minimum atomic E-state index is 0. The predicted octanol–water partition coefficient (Wildman–Crippen LogP) is 2.29. The van der Waals surface area contributed by atoms with Crippen LogP contribution in [0.3, 0.4) is 0 Å². The fourth-order valence-electron chi connectivity index (χ4n) is 2.16. The number of aromatic hydroxyl groups is 2. The van der Waals surface area contributed by atoms with Crippen molar-refractivity contribution in [1.82, 2.24) is 9.80 Å². The first-order chi connectivity index (χ1) is 9.10. The van der Waals surface area contributed by atoms with E-state index in [1.807, 2.05) is 6.26 Å². The molecule has 1 aliphatic rings. The number of piperazine rings is 1. The lowest BCUT2D eigenvalue weighted by Crippen LogP contribution is -2.47. The third-order valence-electron chi connectivity index (χ3n) is 3.26. The number of phenols is 2. The summed E-state index contributed by atoms with van der Waals surface area (Å²) in [6.45, 7) is 4.31. The van der Waals surface area contributed by atoms with Crippen molar-refractivity contribution in [2.24, 2.45) is 0 Å². The van der Waals surface area contributed by atoms with Gasteiger partial charge in [-0.3, -0.25) is 4.90 Å². The first-order valence-corrected chi connectivity index (χ1v) is 7.79. The maximum atomic E-state index is 9.77. The molecule has 20 heavy (non-hydrogen) atoms. The molecule has 2 N–H and O–H groups in total. The Balaban J connectivity index is 0.00000200. The number of thioether (sulfide) groups is 1. The molecule has 1 saturated heterocycles. The van der Waals surface area contributed by atoms with Crippen molar-refractivity contribution in [2.75, 3.05) is 32.4 Å². The molecule has 1 aromatic rings. The fourth-order valence-corrected chi connectivity index (χ4v) is 2.78. The van der Waals surface area contributed by atoms with Gasteiger partial charge in [0.15, 0.2) is 0 Å². The maximum Gasteiger partial charge on any atom is 0.136 e. The van der Waals surface area contributed by atoms with Crippen LogP contribution in [0.4, 0.5) is 0 Å². The Morgan fingerprint density at radius 3 is 2.50 bits per heavy atom. The van der Waals surface area contributed by atoms with Crippen LogP contribution in [0.1, 0.15) is 5.56 Å². The molecule has 0 bridgehead atoms. The molecule has 0 amide bonds.